The molecule has 9 heteroatoms. The molecule has 2 N–H and O–H groups in total. The van der Waals surface area contributed by atoms with Crippen molar-refractivity contribution in [2.75, 3.05) is 5.32 Å². The molecule has 0 aliphatic rings. The Bertz CT molecular complexity index is 1090. The number of H-pyrrole nitrogens is 1. The van der Waals surface area contributed by atoms with Crippen molar-refractivity contribution in [2.24, 2.45) is 0 Å². The molecule has 0 bridgehead atoms. The summed E-state index contributed by atoms with van der Waals surface area (Å²) in [5, 5.41) is 2.97. The summed E-state index contributed by atoms with van der Waals surface area (Å²) in [6.45, 7) is 1.02. The second-order valence-corrected chi connectivity index (χ2v) is 5.83. The molecule has 0 fully saturated rings. The second-order valence-electron chi connectivity index (χ2n) is 5.83. The highest BCUT2D eigenvalue weighted by molar-refractivity contribution is 5.95. The van der Waals surface area contributed by atoms with Gasteiger partial charge in [-0.15, -0.1) is 0 Å². The van der Waals surface area contributed by atoms with Gasteiger partial charge in [-0.3, -0.25) is 9.97 Å². The van der Waals surface area contributed by atoms with Crippen LogP contribution in [0.4, 0.5) is 19.1 Å². The number of hydrogen-bond acceptors (Lipinski definition) is 5. The van der Waals surface area contributed by atoms with E-state index in [1.165, 1.54) is 6.20 Å². The van der Waals surface area contributed by atoms with Gasteiger partial charge < -0.3 is 10.3 Å². The lowest BCUT2D eigenvalue weighted by Crippen LogP contribution is -2.33. The zero-order chi connectivity index (χ0) is 18.3. The standard InChI is InChI=1S/C17H13F3N6/c1-9(17(18,19)20)25-16-24-8-12-11(7-23-15(12)26-16)10-2-3-13-14(6-10)22-5-4-21-13/h2-9H,1H3,(H2,23,24,25,26)/t9-/m0/s1. The average molecular weight is 358 g/mol. The van der Waals surface area contributed by atoms with Gasteiger partial charge in [0.1, 0.15) is 11.7 Å². The number of nitrogens with zero attached hydrogens (tertiary/aromatic N) is 4. The number of benzene rings is 1. The van der Waals surface area contributed by atoms with E-state index in [-0.39, 0.29) is 5.95 Å². The molecular formula is C17H13F3N6. The zero-order valence-corrected chi connectivity index (χ0v) is 13.5. The van der Waals surface area contributed by atoms with Crippen LogP contribution in [0.15, 0.2) is 43.0 Å². The van der Waals surface area contributed by atoms with Gasteiger partial charge in [0, 0.05) is 35.7 Å². The van der Waals surface area contributed by atoms with Gasteiger partial charge in [-0.05, 0) is 24.6 Å². The fourth-order valence-corrected chi connectivity index (χ4v) is 2.62. The van der Waals surface area contributed by atoms with E-state index in [2.05, 4.69) is 30.2 Å². The van der Waals surface area contributed by atoms with E-state index < -0.39 is 12.2 Å². The average Bonchev–Trinajstić information content (AvgIpc) is 3.03. The minimum Gasteiger partial charge on any atom is -0.345 e. The normalized spacial score (nSPS) is 13.2. The Balaban J connectivity index is 1.71. The molecule has 4 rings (SSSR count). The van der Waals surface area contributed by atoms with Gasteiger partial charge in [0.15, 0.2) is 0 Å². The van der Waals surface area contributed by atoms with Crippen molar-refractivity contribution in [3.8, 4) is 11.1 Å². The van der Waals surface area contributed by atoms with Crippen LogP contribution < -0.4 is 5.32 Å². The van der Waals surface area contributed by atoms with Crippen LogP contribution in [-0.2, 0) is 0 Å². The lowest BCUT2D eigenvalue weighted by molar-refractivity contribution is -0.138. The predicted molar refractivity (Wildman–Crippen MR) is 91.6 cm³/mol. The summed E-state index contributed by atoms with van der Waals surface area (Å²) in [5.41, 5.74) is 3.70. The number of hydrogen-bond donors (Lipinski definition) is 2. The highest BCUT2D eigenvalue weighted by Gasteiger charge is 2.36. The van der Waals surface area contributed by atoms with Crippen LogP contribution in [0.2, 0.25) is 0 Å². The van der Waals surface area contributed by atoms with Crippen molar-refractivity contribution in [3.05, 3.63) is 43.0 Å². The second kappa shape index (κ2) is 5.94. The summed E-state index contributed by atoms with van der Waals surface area (Å²) >= 11 is 0. The van der Waals surface area contributed by atoms with E-state index in [0.717, 1.165) is 29.1 Å². The van der Waals surface area contributed by atoms with Gasteiger partial charge in [0.2, 0.25) is 5.95 Å². The molecule has 0 saturated carbocycles. The largest absolute Gasteiger partial charge is 0.408 e. The molecule has 3 aromatic heterocycles. The van der Waals surface area contributed by atoms with Crippen LogP contribution in [0, 0.1) is 0 Å². The van der Waals surface area contributed by atoms with Crippen molar-refractivity contribution in [2.45, 2.75) is 19.1 Å². The number of halogens is 3. The maximum atomic E-state index is 12.7. The van der Waals surface area contributed by atoms with Gasteiger partial charge in [-0.1, -0.05) is 6.07 Å². The van der Waals surface area contributed by atoms with Crippen molar-refractivity contribution >= 4 is 28.0 Å². The van der Waals surface area contributed by atoms with E-state index in [1.807, 2.05) is 18.2 Å². The van der Waals surface area contributed by atoms with Crippen molar-refractivity contribution in [1.82, 2.24) is 24.9 Å². The van der Waals surface area contributed by atoms with Crippen LogP contribution in [0.5, 0.6) is 0 Å². The smallest absolute Gasteiger partial charge is 0.345 e. The maximum Gasteiger partial charge on any atom is 0.408 e. The molecule has 0 amide bonds. The fourth-order valence-electron chi connectivity index (χ4n) is 2.62. The summed E-state index contributed by atoms with van der Waals surface area (Å²) in [6, 6.07) is 3.91. The Hall–Kier alpha value is -3.23. The SMILES string of the molecule is C[C@H](Nc1ncc2c(-c3ccc4nccnc4c3)c[nH]c2n1)C(F)(F)F. The summed E-state index contributed by atoms with van der Waals surface area (Å²) < 4.78 is 38.0. The molecule has 4 aromatic rings. The molecule has 0 radical (unpaired) electrons. The van der Waals surface area contributed by atoms with Gasteiger partial charge in [-0.2, -0.15) is 18.2 Å². The van der Waals surface area contributed by atoms with Crippen molar-refractivity contribution in [1.29, 1.82) is 0 Å². The Morgan fingerprint density at radius 2 is 1.85 bits per heavy atom. The van der Waals surface area contributed by atoms with Crippen LogP contribution in [-0.4, -0.2) is 37.1 Å². The summed E-state index contributed by atoms with van der Waals surface area (Å²) in [4.78, 5) is 19.6. The topological polar surface area (TPSA) is 79.4 Å². The Morgan fingerprint density at radius 1 is 1.08 bits per heavy atom. The summed E-state index contributed by atoms with van der Waals surface area (Å²) in [6.07, 6.45) is 2.11. The predicted octanol–water partition coefficient (Wildman–Crippen LogP) is 3.93. The minimum absolute atomic E-state index is 0.0832. The minimum atomic E-state index is -4.37. The molecule has 0 unspecified atom stereocenters. The Labute approximate surface area is 145 Å². The molecule has 0 aliphatic heterocycles. The van der Waals surface area contributed by atoms with Gasteiger partial charge >= 0.3 is 6.18 Å². The number of nitrogens with one attached hydrogen (secondary N) is 2. The monoisotopic (exact) mass is 358 g/mol. The van der Waals surface area contributed by atoms with Crippen LogP contribution in [0.25, 0.3) is 33.2 Å². The van der Waals surface area contributed by atoms with Crippen LogP contribution in [0.3, 0.4) is 0 Å². The van der Waals surface area contributed by atoms with E-state index in [4.69, 9.17) is 0 Å². The first-order valence-corrected chi connectivity index (χ1v) is 7.80. The molecule has 132 valence electrons. The molecule has 6 nitrogen and oxygen atoms in total. The third-order valence-electron chi connectivity index (χ3n) is 4.05. The fraction of sp³-hybridized carbons (Fsp3) is 0.176. The highest BCUT2D eigenvalue weighted by atomic mass is 19.4. The molecule has 0 aliphatic carbocycles. The number of rotatable bonds is 3. The molecule has 3 heterocycles. The molecule has 26 heavy (non-hydrogen) atoms. The highest BCUT2D eigenvalue weighted by Crippen LogP contribution is 2.30. The summed E-state index contributed by atoms with van der Waals surface area (Å²) in [5.74, 6) is -0.0832. The van der Waals surface area contributed by atoms with E-state index in [0.29, 0.717) is 11.0 Å². The molecule has 0 saturated heterocycles. The number of anilines is 1. The summed E-state index contributed by atoms with van der Waals surface area (Å²) in [7, 11) is 0. The van der Waals surface area contributed by atoms with E-state index >= 15 is 0 Å². The first-order valence-electron chi connectivity index (χ1n) is 7.80. The number of aromatic nitrogens is 5. The van der Waals surface area contributed by atoms with E-state index in [1.54, 1.807) is 18.6 Å². The first kappa shape index (κ1) is 16.2. The van der Waals surface area contributed by atoms with Gasteiger partial charge in [-0.25, -0.2) is 4.98 Å². The number of fused-ring (bicyclic) bond motifs is 2. The Kier molecular flexibility index (Phi) is 3.71. The number of aromatic amines is 1. The number of alkyl halides is 3. The van der Waals surface area contributed by atoms with Gasteiger partial charge in [0.25, 0.3) is 0 Å². The van der Waals surface area contributed by atoms with Gasteiger partial charge in [0.05, 0.1) is 11.0 Å². The van der Waals surface area contributed by atoms with Crippen LogP contribution in [0.1, 0.15) is 6.92 Å². The third kappa shape index (κ3) is 2.92. The van der Waals surface area contributed by atoms with Crippen molar-refractivity contribution in [3.63, 3.8) is 0 Å². The van der Waals surface area contributed by atoms with E-state index in [9.17, 15) is 13.2 Å². The Morgan fingerprint density at radius 3 is 2.62 bits per heavy atom. The lowest BCUT2D eigenvalue weighted by atomic mass is 10.1. The van der Waals surface area contributed by atoms with Crippen molar-refractivity contribution < 1.29 is 13.2 Å². The molecule has 1 aromatic carbocycles. The zero-order valence-electron chi connectivity index (χ0n) is 13.5. The van der Waals surface area contributed by atoms with Crippen LogP contribution >= 0.6 is 0 Å². The first-order chi connectivity index (χ1) is 12.4. The molecule has 1 atom stereocenters. The third-order valence-corrected chi connectivity index (χ3v) is 4.05. The molecule has 0 spiro atoms. The quantitative estimate of drug-likeness (QED) is 0.580. The molecular weight excluding hydrogens is 345 g/mol. The maximum absolute atomic E-state index is 12.7. The lowest BCUT2D eigenvalue weighted by Gasteiger charge is -2.16.